The fourth-order valence-electron chi connectivity index (χ4n) is 1.97. The number of anilines is 1. The van der Waals surface area contributed by atoms with Crippen molar-refractivity contribution in [3.8, 4) is 0 Å². The second kappa shape index (κ2) is 5.51. The van der Waals surface area contributed by atoms with E-state index in [9.17, 15) is 0 Å². The minimum Gasteiger partial charge on any atom is -0.398 e. The molecule has 0 spiro atoms. The molecule has 0 heterocycles. The van der Waals surface area contributed by atoms with Gasteiger partial charge in [0.15, 0.2) is 0 Å². The van der Waals surface area contributed by atoms with Gasteiger partial charge in [-0.25, -0.2) is 0 Å². The molecule has 0 amide bonds. The van der Waals surface area contributed by atoms with Gasteiger partial charge >= 0.3 is 0 Å². The largest absolute Gasteiger partial charge is 0.398 e. The highest BCUT2D eigenvalue weighted by molar-refractivity contribution is 5.48. The highest BCUT2D eigenvalue weighted by Crippen LogP contribution is 2.21. The molecule has 2 heteroatoms. The van der Waals surface area contributed by atoms with E-state index in [0.29, 0.717) is 0 Å². The monoisotopic (exact) mass is 226 g/mol. The molecule has 0 aliphatic carbocycles. The van der Waals surface area contributed by atoms with Crippen LogP contribution in [0.1, 0.15) is 23.6 Å². The van der Waals surface area contributed by atoms with Crippen molar-refractivity contribution >= 4 is 5.69 Å². The minimum atomic E-state index is 0.0106. The summed E-state index contributed by atoms with van der Waals surface area (Å²) in [5.41, 5.74) is 15.2. The fourth-order valence-corrected chi connectivity index (χ4v) is 1.97. The number of nitrogen functional groups attached to an aromatic ring is 1. The predicted molar refractivity (Wildman–Crippen MR) is 72.5 cm³/mol. The lowest BCUT2D eigenvalue weighted by molar-refractivity contribution is 0.653. The Morgan fingerprint density at radius 3 is 2.24 bits per heavy atom. The van der Waals surface area contributed by atoms with Gasteiger partial charge < -0.3 is 11.5 Å². The number of hydrogen-bond acceptors (Lipinski definition) is 2. The van der Waals surface area contributed by atoms with Crippen LogP contribution in [0, 0.1) is 0 Å². The first-order valence-electron chi connectivity index (χ1n) is 5.91. The predicted octanol–water partition coefficient (Wildman–Crippen LogP) is 2.90. The molecule has 4 N–H and O–H groups in total. The molecule has 0 fully saturated rings. The number of hydrogen-bond donors (Lipinski definition) is 2. The maximum atomic E-state index is 6.16. The van der Waals surface area contributed by atoms with Crippen molar-refractivity contribution in [2.24, 2.45) is 5.73 Å². The first-order valence-corrected chi connectivity index (χ1v) is 5.91. The highest BCUT2D eigenvalue weighted by Gasteiger charge is 2.08. The molecule has 0 aliphatic heterocycles. The lowest BCUT2D eigenvalue weighted by atomic mass is 9.98. The first-order chi connectivity index (χ1) is 8.27. The van der Waals surface area contributed by atoms with E-state index in [1.165, 1.54) is 5.56 Å². The number of rotatable bonds is 4. The summed E-state index contributed by atoms with van der Waals surface area (Å²) < 4.78 is 0. The van der Waals surface area contributed by atoms with Gasteiger partial charge in [-0.05, 0) is 30.0 Å². The molecule has 0 saturated heterocycles. The van der Waals surface area contributed by atoms with Gasteiger partial charge in [-0.15, -0.1) is 0 Å². The van der Waals surface area contributed by atoms with Crippen LogP contribution in [-0.2, 0) is 6.42 Å². The Morgan fingerprint density at radius 1 is 0.882 bits per heavy atom. The third-order valence-corrected chi connectivity index (χ3v) is 2.98. The summed E-state index contributed by atoms with van der Waals surface area (Å²) >= 11 is 0. The van der Waals surface area contributed by atoms with Crippen molar-refractivity contribution in [2.45, 2.75) is 18.9 Å². The van der Waals surface area contributed by atoms with Gasteiger partial charge in [0.2, 0.25) is 0 Å². The van der Waals surface area contributed by atoms with Crippen LogP contribution in [0.3, 0.4) is 0 Å². The summed E-state index contributed by atoms with van der Waals surface area (Å²) in [7, 11) is 0. The Kier molecular flexibility index (Phi) is 3.78. The molecule has 2 aromatic rings. The third kappa shape index (κ3) is 3.08. The fraction of sp³-hybridized carbons (Fsp3) is 0.200. The maximum absolute atomic E-state index is 6.16. The molecule has 88 valence electrons. The van der Waals surface area contributed by atoms with Gasteiger partial charge in [0.25, 0.3) is 0 Å². The van der Waals surface area contributed by atoms with Crippen molar-refractivity contribution in [1.82, 2.24) is 0 Å². The smallest absolute Gasteiger partial charge is 0.0362 e. The van der Waals surface area contributed by atoms with Crippen LogP contribution in [0.4, 0.5) is 5.69 Å². The van der Waals surface area contributed by atoms with Crippen LogP contribution >= 0.6 is 0 Å². The van der Waals surface area contributed by atoms with Gasteiger partial charge in [-0.3, -0.25) is 0 Å². The van der Waals surface area contributed by atoms with Gasteiger partial charge in [0, 0.05) is 11.7 Å². The molecule has 0 saturated carbocycles. The van der Waals surface area contributed by atoms with Crippen molar-refractivity contribution in [1.29, 1.82) is 0 Å². The molecule has 1 atom stereocenters. The zero-order valence-corrected chi connectivity index (χ0v) is 9.84. The van der Waals surface area contributed by atoms with E-state index in [1.807, 2.05) is 30.3 Å². The summed E-state index contributed by atoms with van der Waals surface area (Å²) in [6, 6.07) is 18.2. The van der Waals surface area contributed by atoms with Gasteiger partial charge in [-0.1, -0.05) is 48.5 Å². The molecule has 0 radical (unpaired) electrons. The molecule has 0 aromatic heterocycles. The Hall–Kier alpha value is -1.80. The van der Waals surface area contributed by atoms with Crippen LogP contribution in [-0.4, -0.2) is 0 Å². The van der Waals surface area contributed by atoms with E-state index in [0.717, 1.165) is 24.1 Å². The summed E-state index contributed by atoms with van der Waals surface area (Å²) in [6.07, 6.45) is 1.90. The van der Waals surface area contributed by atoms with Crippen LogP contribution < -0.4 is 11.5 Å². The number of benzene rings is 2. The number of nitrogens with two attached hydrogens (primary N) is 2. The molecule has 2 aromatic carbocycles. The summed E-state index contributed by atoms with van der Waals surface area (Å²) in [5, 5.41) is 0. The van der Waals surface area contributed by atoms with Gasteiger partial charge in [0.05, 0.1) is 0 Å². The molecular weight excluding hydrogens is 208 g/mol. The molecule has 0 aliphatic rings. The van der Waals surface area contributed by atoms with Gasteiger partial charge in [-0.2, -0.15) is 0 Å². The van der Waals surface area contributed by atoms with Crippen molar-refractivity contribution in [3.05, 3.63) is 65.7 Å². The lowest BCUT2D eigenvalue weighted by Gasteiger charge is -2.14. The molecule has 1 unspecified atom stereocenters. The van der Waals surface area contributed by atoms with Crippen LogP contribution in [0.5, 0.6) is 0 Å². The van der Waals surface area contributed by atoms with E-state index in [-0.39, 0.29) is 6.04 Å². The lowest BCUT2D eigenvalue weighted by Crippen LogP contribution is -2.13. The Bertz CT molecular complexity index is 465. The highest BCUT2D eigenvalue weighted by atomic mass is 14.7. The van der Waals surface area contributed by atoms with E-state index in [2.05, 4.69) is 24.3 Å². The average Bonchev–Trinajstić information content (AvgIpc) is 2.38. The quantitative estimate of drug-likeness (QED) is 0.788. The SMILES string of the molecule is Nc1ccccc1C(N)CCc1ccccc1. The second-order valence-electron chi connectivity index (χ2n) is 4.26. The standard InChI is InChI=1S/C15H18N2/c16-14-9-5-4-8-13(14)15(17)11-10-12-6-2-1-3-7-12/h1-9,15H,10-11,16-17H2. The topological polar surface area (TPSA) is 52.0 Å². The summed E-state index contributed by atoms with van der Waals surface area (Å²) in [4.78, 5) is 0. The molecule has 0 bridgehead atoms. The third-order valence-electron chi connectivity index (χ3n) is 2.98. The van der Waals surface area contributed by atoms with E-state index in [4.69, 9.17) is 11.5 Å². The Labute approximate surface area is 102 Å². The molecular formula is C15H18N2. The maximum Gasteiger partial charge on any atom is 0.0362 e. The van der Waals surface area contributed by atoms with Gasteiger partial charge in [0.1, 0.15) is 0 Å². The van der Waals surface area contributed by atoms with E-state index in [1.54, 1.807) is 0 Å². The second-order valence-corrected chi connectivity index (χ2v) is 4.26. The molecule has 17 heavy (non-hydrogen) atoms. The van der Waals surface area contributed by atoms with Crippen molar-refractivity contribution in [3.63, 3.8) is 0 Å². The number of aryl methyl sites for hydroxylation is 1. The van der Waals surface area contributed by atoms with Crippen LogP contribution in [0.15, 0.2) is 54.6 Å². The van der Waals surface area contributed by atoms with Crippen molar-refractivity contribution in [2.75, 3.05) is 5.73 Å². The zero-order chi connectivity index (χ0) is 12.1. The number of para-hydroxylation sites is 1. The summed E-state index contributed by atoms with van der Waals surface area (Å²) in [6.45, 7) is 0. The normalized spacial score (nSPS) is 12.3. The first kappa shape index (κ1) is 11.7. The van der Waals surface area contributed by atoms with E-state index >= 15 is 0 Å². The Balaban J connectivity index is 1.99. The van der Waals surface area contributed by atoms with Crippen LogP contribution in [0.25, 0.3) is 0 Å². The molecule has 2 nitrogen and oxygen atoms in total. The van der Waals surface area contributed by atoms with Crippen molar-refractivity contribution < 1.29 is 0 Å². The molecule has 2 rings (SSSR count). The zero-order valence-electron chi connectivity index (χ0n) is 9.84. The summed E-state index contributed by atoms with van der Waals surface area (Å²) in [5.74, 6) is 0. The Morgan fingerprint density at radius 2 is 1.53 bits per heavy atom. The minimum absolute atomic E-state index is 0.0106. The van der Waals surface area contributed by atoms with Crippen LogP contribution in [0.2, 0.25) is 0 Å². The van der Waals surface area contributed by atoms with E-state index < -0.39 is 0 Å². The average molecular weight is 226 g/mol.